The first-order valence-corrected chi connectivity index (χ1v) is 4.95. The van der Waals surface area contributed by atoms with E-state index in [2.05, 4.69) is 0 Å². The van der Waals surface area contributed by atoms with Crippen molar-refractivity contribution in [3.8, 4) is 5.75 Å². The van der Waals surface area contributed by atoms with Crippen molar-refractivity contribution in [2.45, 2.75) is 6.42 Å². The van der Waals surface area contributed by atoms with Gasteiger partial charge in [0.15, 0.2) is 0 Å². The van der Waals surface area contributed by atoms with Crippen LogP contribution < -0.4 is 0 Å². The molecule has 0 atom stereocenters. The van der Waals surface area contributed by atoms with E-state index in [4.69, 9.17) is 5.11 Å². The number of aliphatic hydroxyl groups excluding tert-OH is 1. The van der Waals surface area contributed by atoms with E-state index in [-0.39, 0.29) is 30.4 Å². The summed E-state index contributed by atoms with van der Waals surface area (Å²) >= 11 is 0. The molecule has 2 rings (SSSR count). The maximum absolute atomic E-state index is 11.8. The van der Waals surface area contributed by atoms with Gasteiger partial charge in [-0.1, -0.05) is 0 Å². The lowest BCUT2D eigenvalue weighted by Gasteiger charge is -2.11. The van der Waals surface area contributed by atoms with Crippen LogP contribution in [0.5, 0.6) is 5.75 Å². The summed E-state index contributed by atoms with van der Waals surface area (Å²) in [5, 5.41) is 17.9. The van der Waals surface area contributed by atoms with Crippen molar-refractivity contribution in [2.24, 2.45) is 0 Å². The van der Waals surface area contributed by atoms with Crippen LogP contribution in [-0.4, -0.2) is 40.1 Å². The standard InChI is InChI=1S/C11H11NO4/c13-5-1-4-12-10(15)8-3-2-7(14)6-9(8)11(12)16/h2-3,6,13-14H,1,4-5H2. The summed E-state index contributed by atoms with van der Waals surface area (Å²) in [7, 11) is 0. The predicted octanol–water partition coefficient (Wildman–Crippen LogP) is 0.371. The van der Waals surface area contributed by atoms with Crippen LogP contribution in [0.15, 0.2) is 18.2 Å². The van der Waals surface area contributed by atoms with Crippen molar-refractivity contribution in [3.05, 3.63) is 29.3 Å². The third-order valence-electron chi connectivity index (χ3n) is 2.49. The predicted molar refractivity (Wildman–Crippen MR) is 55.2 cm³/mol. The molecule has 0 aliphatic carbocycles. The van der Waals surface area contributed by atoms with Crippen LogP contribution in [0.4, 0.5) is 0 Å². The number of benzene rings is 1. The zero-order valence-corrected chi connectivity index (χ0v) is 8.51. The van der Waals surface area contributed by atoms with Crippen LogP contribution in [0, 0.1) is 0 Å². The molecular formula is C11H11NO4. The largest absolute Gasteiger partial charge is 0.508 e. The van der Waals surface area contributed by atoms with Gasteiger partial charge in [0.2, 0.25) is 0 Å². The van der Waals surface area contributed by atoms with Gasteiger partial charge in [-0.15, -0.1) is 0 Å². The second-order valence-corrected chi connectivity index (χ2v) is 3.57. The number of phenols is 1. The molecule has 0 saturated heterocycles. The quantitative estimate of drug-likeness (QED) is 0.723. The Kier molecular flexibility index (Phi) is 2.62. The molecule has 1 heterocycles. The van der Waals surface area contributed by atoms with Gasteiger partial charge in [0, 0.05) is 13.2 Å². The smallest absolute Gasteiger partial charge is 0.261 e. The van der Waals surface area contributed by atoms with E-state index in [0.29, 0.717) is 12.0 Å². The highest BCUT2D eigenvalue weighted by atomic mass is 16.3. The van der Waals surface area contributed by atoms with Crippen molar-refractivity contribution in [1.29, 1.82) is 0 Å². The lowest BCUT2D eigenvalue weighted by molar-refractivity contribution is 0.0645. The number of phenolic OH excluding ortho intramolecular Hbond substituents is 1. The highest BCUT2D eigenvalue weighted by Crippen LogP contribution is 2.26. The van der Waals surface area contributed by atoms with Gasteiger partial charge >= 0.3 is 0 Å². The van der Waals surface area contributed by atoms with Gasteiger partial charge in [0.25, 0.3) is 11.8 Å². The molecule has 0 bridgehead atoms. The van der Waals surface area contributed by atoms with Crippen molar-refractivity contribution >= 4 is 11.8 Å². The molecule has 0 aromatic heterocycles. The summed E-state index contributed by atoms with van der Waals surface area (Å²) in [4.78, 5) is 24.6. The summed E-state index contributed by atoms with van der Waals surface area (Å²) in [5.41, 5.74) is 0.531. The first kappa shape index (κ1) is 10.6. The van der Waals surface area contributed by atoms with E-state index in [1.54, 1.807) is 0 Å². The molecule has 0 radical (unpaired) electrons. The van der Waals surface area contributed by atoms with Gasteiger partial charge in [0.1, 0.15) is 5.75 Å². The number of nitrogens with zero attached hydrogens (tertiary/aromatic N) is 1. The number of carbonyl (C=O) groups excluding carboxylic acids is 2. The molecule has 1 aromatic carbocycles. The normalized spacial score (nSPS) is 14.4. The molecule has 0 unspecified atom stereocenters. The van der Waals surface area contributed by atoms with E-state index in [9.17, 15) is 14.7 Å². The first-order chi connectivity index (χ1) is 7.65. The zero-order valence-electron chi connectivity index (χ0n) is 8.51. The summed E-state index contributed by atoms with van der Waals surface area (Å²) in [5.74, 6) is -0.818. The number of aromatic hydroxyl groups is 1. The van der Waals surface area contributed by atoms with Gasteiger partial charge in [-0.25, -0.2) is 0 Å². The Bertz CT molecular complexity index is 455. The molecule has 84 valence electrons. The van der Waals surface area contributed by atoms with Crippen molar-refractivity contribution in [3.63, 3.8) is 0 Å². The van der Waals surface area contributed by atoms with E-state index in [1.165, 1.54) is 18.2 Å². The van der Waals surface area contributed by atoms with Crippen LogP contribution in [0.2, 0.25) is 0 Å². The maximum Gasteiger partial charge on any atom is 0.261 e. The number of amides is 2. The van der Waals surface area contributed by atoms with Crippen molar-refractivity contribution in [2.75, 3.05) is 13.2 Å². The van der Waals surface area contributed by atoms with Gasteiger partial charge in [0.05, 0.1) is 11.1 Å². The average Bonchev–Trinajstić information content (AvgIpc) is 2.50. The van der Waals surface area contributed by atoms with E-state index < -0.39 is 5.91 Å². The second-order valence-electron chi connectivity index (χ2n) is 3.57. The monoisotopic (exact) mass is 221 g/mol. The second kappa shape index (κ2) is 3.94. The van der Waals surface area contributed by atoms with Crippen LogP contribution >= 0.6 is 0 Å². The minimum atomic E-state index is -0.413. The molecule has 2 amide bonds. The van der Waals surface area contributed by atoms with E-state index in [1.807, 2.05) is 0 Å². The Morgan fingerprint density at radius 2 is 1.81 bits per heavy atom. The topological polar surface area (TPSA) is 77.8 Å². The number of carbonyl (C=O) groups is 2. The maximum atomic E-state index is 11.8. The molecule has 1 aliphatic rings. The van der Waals surface area contributed by atoms with E-state index in [0.717, 1.165) is 4.90 Å². The Labute approximate surface area is 91.9 Å². The molecule has 2 N–H and O–H groups in total. The van der Waals surface area contributed by atoms with Crippen LogP contribution in [0.1, 0.15) is 27.1 Å². The summed E-state index contributed by atoms with van der Waals surface area (Å²) in [6, 6.07) is 4.10. The average molecular weight is 221 g/mol. The number of imide groups is 1. The third kappa shape index (κ3) is 1.55. The van der Waals surface area contributed by atoms with Crippen LogP contribution in [0.3, 0.4) is 0 Å². The number of hydrogen-bond acceptors (Lipinski definition) is 4. The fraction of sp³-hybridized carbons (Fsp3) is 0.273. The van der Waals surface area contributed by atoms with Gasteiger partial charge < -0.3 is 10.2 Å². The Morgan fingerprint density at radius 3 is 2.50 bits per heavy atom. The molecule has 1 aliphatic heterocycles. The molecule has 16 heavy (non-hydrogen) atoms. The molecule has 0 fully saturated rings. The third-order valence-corrected chi connectivity index (χ3v) is 2.49. The molecule has 0 saturated carbocycles. The van der Waals surface area contributed by atoms with Gasteiger partial charge in [-0.3, -0.25) is 14.5 Å². The van der Waals surface area contributed by atoms with Crippen molar-refractivity contribution < 1.29 is 19.8 Å². The number of hydrogen-bond donors (Lipinski definition) is 2. The highest BCUT2D eigenvalue weighted by Gasteiger charge is 2.35. The first-order valence-electron chi connectivity index (χ1n) is 4.95. The Hall–Kier alpha value is -1.88. The molecule has 5 heteroatoms. The minimum Gasteiger partial charge on any atom is -0.508 e. The summed E-state index contributed by atoms with van der Waals surface area (Å²) in [6.07, 6.45) is 0.359. The van der Waals surface area contributed by atoms with Crippen molar-refractivity contribution in [1.82, 2.24) is 4.90 Å². The number of fused-ring (bicyclic) bond motifs is 1. The fourth-order valence-electron chi connectivity index (χ4n) is 1.71. The molecular weight excluding hydrogens is 210 g/mol. The summed E-state index contributed by atoms with van der Waals surface area (Å²) < 4.78 is 0. The SMILES string of the molecule is O=C1c2ccc(O)cc2C(=O)N1CCCO. The lowest BCUT2D eigenvalue weighted by atomic mass is 10.1. The lowest BCUT2D eigenvalue weighted by Crippen LogP contribution is -2.31. The van der Waals surface area contributed by atoms with Crippen LogP contribution in [0.25, 0.3) is 0 Å². The van der Waals surface area contributed by atoms with Gasteiger partial charge in [-0.2, -0.15) is 0 Å². The Balaban J connectivity index is 2.33. The zero-order chi connectivity index (χ0) is 11.7. The van der Waals surface area contributed by atoms with Crippen LogP contribution in [-0.2, 0) is 0 Å². The molecule has 0 spiro atoms. The highest BCUT2D eigenvalue weighted by molar-refractivity contribution is 6.21. The van der Waals surface area contributed by atoms with E-state index >= 15 is 0 Å². The molecule has 5 nitrogen and oxygen atoms in total. The Morgan fingerprint density at radius 1 is 1.12 bits per heavy atom. The number of rotatable bonds is 3. The summed E-state index contributed by atoms with van der Waals surface area (Å²) in [6.45, 7) is 0.127. The molecule has 1 aromatic rings. The number of aliphatic hydroxyl groups is 1. The van der Waals surface area contributed by atoms with Gasteiger partial charge in [-0.05, 0) is 24.6 Å². The minimum absolute atomic E-state index is 0.0380. The fourth-order valence-corrected chi connectivity index (χ4v) is 1.71.